The van der Waals surface area contributed by atoms with Crippen LogP contribution in [-0.2, 0) is 21.1 Å². The molecule has 10 heavy (non-hydrogen) atoms. The predicted molar refractivity (Wildman–Crippen MR) is 31.9 cm³/mol. The Morgan fingerprint density at radius 1 is 1.50 bits per heavy atom. The minimum absolute atomic E-state index is 0. The average Bonchev–Trinajstić information content (AvgIpc) is 1.90. The fraction of sp³-hybridized carbons (Fsp3) is 0. The van der Waals surface area contributed by atoms with Crippen LogP contribution in [0.5, 0.6) is 0 Å². The third-order valence-corrected chi connectivity index (χ3v) is 0.889. The molecule has 0 aliphatic carbocycles. The zero-order valence-electron chi connectivity index (χ0n) is 4.98. The zero-order chi connectivity index (χ0) is 6.69. The number of nitro groups is 1. The fourth-order valence-electron chi connectivity index (χ4n) is 0.497. The summed E-state index contributed by atoms with van der Waals surface area (Å²) in [5.41, 5.74) is 0.0116. The summed E-state index contributed by atoms with van der Waals surface area (Å²) in [6.45, 7) is 0. The number of non-ortho nitro benzene ring substituents is 1. The molecule has 0 spiro atoms. The van der Waals surface area contributed by atoms with Crippen molar-refractivity contribution in [1.82, 2.24) is 0 Å². The Hall–Kier alpha value is -0.692. The quantitative estimate of drug-likeness (QED) is 0.447. The Morgan fingerprint density at radius 2 is 2.20 bits per heavy atom. The summed E-state index contributed by atoms with van der Waals surface area (Å²) in [5.74, 6) is 0. The van der Waals surface area contributed by atoms with Gasteiger partial charge >= 0.3 is 21.1 Å². The molecule has 50 valence electrons. The van der Waals surface area contributed by atoms with Crippen molar-refractivity contribution in [3.8, 4) is 0 Å². The zero-order valence-corrected chi connectivity index (χ0v) is 7.91. The molecule has 0 saturated heterocycles. The first kappa shape index (κ1) is 9.31. The van der Waals surface area contributed by atoms with Crippen LogP contribution in [0.3, 0.4) is 0 Å². The van der Waals surface area contributed by atoms with E-state index in [-0.39, 0.29) is 26.8 Å². The SMILES string of the molecule is O=[N+]([O-])c1[c-]cccc1.[W+2]. The Balaban J connectivity index is 0.000000810. The number of hydrogen-bond donors (Lipinski definition) is 0. The molecule has 1 aromatic carbocycles. The van der Waals surface area contributed by atoms with Crippen molar-refractivity contribution >= 4 is 5.69 Å². The van der Waals surface area contributed by atoms with E-state index in [4.69, 9.17) is 0 Å². The maximum atomic E-state index is 9.98. The van der Waals surface area contributed by atoms with Crippen LogP contribution < -0.4 is 0 Å². The van der Waals surface area contributed by atoms with Gasteiger partial charge in [-0.25, -0.2) is 0 Å². The second-order valence-electron chi connectivity index (χ2n) is 1.50. The van der Waals surface area contributed by atoms with Gasteiger partial charge in [-0.2, -0.15) is 18.2 Å². The summed E-state index contributed by atoms with van der Waals surface area (Å²) in [5, 5.41) is 9.98. The first-order valence-electron chi connectivity index (χ1n) is 2.42. The smallest absolute Gasteiger partial charge is 0.260 e. The third-order valence-electron chi connectivity index (χ3n) is 0.889. The van der Waals surface area contributed by atoms with E-state index >= 15 is 0 Å². The molecule has 0 aliphatic heterocycles. The predicted octanol–water partition coefficient (Wildman–Crippen LogP) is 1.39. The number of nitrogens with zero attached hydrogens (tertiary/aromatic N) is 1. The van der Waals surface area contributed by atoms with E-state index in [1.165, 1.54) is 12.1 Å². The van der Waals surface area contributed by atoms with Gasteiger partial charge in [-0.15, -0.1) is 6.07 Å². The Labute approximate surface area is 72.5 Å². The van der Waals surface area contributed by atoms with Crippen LogP contribution in [-0.4, -0.2) is 4.92 Å². The maximum absolute atomic E-state index is 9.98. The Morgan fingerprint density at radius 3 is 2.50 bits per heavy atom. The van der Waals surface area contributed by atoms with Gasteiger partial charge in [0.15, 0.2) is 5.69 Å². The van der Waals surface area contributed by atoms with Crippen molar-refractivity contribution in [2.45, 2.75) is 0 Å². The van der Waals surface area contributed by atoms with Gasteiger partial charge in [-0.05, 0) is 0 Å². The molecule has 0 amide bonds. The van der Waals surface area contributed by atoms with Crippen LogP contribution >= 0.6 is 0 Å². The van der Waals surface area contributed by atoms with Gasteiger partial charge in [0.1, 0.15) is 0 Å². The summed E-state index contributed by atoms with van der Waals surface area (Å²) in [4.78, 5) is 9.50. The molecular weight excluding hydrogens is 302 g/mol. The van der Waals surface area contributed by atoms with Gasteiger partial charge in [0, 0.05) is 4.92 Å². The van der Waals surface area contributed by atoms with Crippen molar-refractivity contribution in [3.63, 3.8) is 0 Å². The molecule has 0 unspecified atom stereocenters. The molecule has 0 atom stereocenters. The summed E-state index contributed by atoms with van der Waals surface area (Å²) >= 11 is 0. The number of benzene rings is 1. The van der Waals surface area contributed by atoms with Gasteiger partial charge < -0.3 is 0 Å². The van der Waals surface area contributed by atoms with E-state index in [9.17, 15) is 10.1 Å². The molecule has 0 heterocycles. The third kappa shape index (κ3) is 2.27. The molecule has 0 bridgehead atoms. The van der Waals surface area contributed by atoms with Gasteiger partial charge in [-0.3, -0.25) is 10.1 Å². The average molecular weight is 306 g/mol. The summed E-state index contributed by atoms with van der Waals surface area (Å²) < 4.78 is 0. The molecule has 0 aromatic heterocycles. The van der Waals surface area contributed by atoms with E-state index in [0.29, 0.717) is 0 Å². The standard InChI is InChI=1S/C6H4NO2.W/c8-7(9)6-4-2-1-3-5-6;/h1-4H;/q-1;+2. The van der Waals surface area contributed by atoms with E-state index in [1.54, 1.807) is 12.1 Å². The fourth-order valence-corrected chi connectivity index (χ4v) is 0.497. The molecule has 1 aromatic rings. The van der Waals surface area contributed by atoms with Crippen LogP contribution in [0.2, 0.25) is 0 Å². The van der Waals surface area contributed by atoms with E-state index < -0.39 is 4.92 Å². The largest absolute Gasteiger partial charge is 2.00 e. The first-order chi connectivity index (χ1) is 4.30. The molecule has 0 N–H and O–H groups in total. The van der Waals surface area contributed by atoms with E-state index in [2.05, 4.69) is 6.07 Å². The number of rotatable bonds is 1. The van der Waals surface area contributed by atoms with Crippen molar-refractivity contribution in [2.24, 2.45) is 0 Å². The second kappa shape index (κ2) is 4.18. The molecule has 0 saturated carbocycles. The van der Waals surface area contributed by atoms with Crippen molar-refractivity contribution in [1.29, 1.82) is 0 Å². The number of nitro benzene ring substituents is 1. The molecule has 3 nitrogen and oxygen atoms in total. The van der Waals surface area contributed by atoms with Crippen molar-refractivity contribution < 1.29 is 26.0 Å². The van der Waals surface area contributed by atoms with E-state index in [0.717, 1.165) is 0 Å². The normalized spacial score (nSPS) is 8.00. The monoisotopic (exact) mass is 306 g/mol. The van der Waals surface area contributed by atoms with Gasteiger partial charge in [0.2, 0.25) is 0 Å². The Kier molecular flexibility index (Phi) is 3.89. The minimum atomic E-state index is -0.472. The topological polar surface area (TPSA) is 43.1 Å². The van der Waals surface area contributed by atoms with Crippen LogP contribution in [0.1, 0.15) is 0 Å². The molecule has 1 rings (SSSR count). The summed E-state index contributed by atoms with van der Waals surface area (Å²) in [7, 11) is 0. The van der Waals surface area contributed by atoms with Crippen LogP contribution in [0.25, 0.3) is 0 Å². The molecular formula is C6H4NO2W+. The van der Waals surface area contributed by atoms with Gasteiger partial charge in [-0.1, -0.05) is 6.07 Å². The van der Waals surface area contributed by atoms with Crippen LogP contribution in [0.15, 0.2) is 24.3 Å². The molecule has 0 radical (unpaired) electrons. The number of para-hydroxylation sites is 1. The van der Waals surface area contributed by atoms with Crippen molar-refractivity contribution in [3.05, 3.63) is 40.4 Å². The first-order valence-corrected chi connectivity index (χ1v) is 2.42. The summed E-state index contributed by atoms with van der Waals surface area (Å²) in [6, 6.07) is 8.68. The minimum Gasteiger partial charge on any atom is -0.260 e. The summed E-state index contributed by atoms with van der Waals surface area (Å²) in [6.07, 6.45) is 0. The van der Waals surface area contributed by atoms with Crippen LogP contribution in [0.4, 0.5) is 5.69 Å². The second-order valence-corrected chi connectivity index (χ2v) is 1.50. The van der Waals surface area contributed by atoms with E-state index in [1.807, 2.05) is 0 Å². The maximum Gasteiger partial charge on any atom is 2.00 e. The van der Waals surface area contributed by atoms with Crippen LogP contribution in [0, 0.1) is 16.2 Å². The molecule has 4 heteroatoms. The van der Waals surface area contributed by atoms with Gasteiger partial charge in [0.25, 0.3) is 0 Å². The van der Waals surface area contributed by atoms with Crippen molar-refractivity contribution in [2.75, 3.05) is 0 Å². The molecule has 0 aliphatic rings. The molecule has 0 fully saturated rings. The Bertz CT molecular complexity index is 212. The van der Waals surface area contributed by atoms with Gasteiger partial charge in [0.05, 0.1) is 0 Å². The number of hydrogen-bond acceptors (Lipinski definition) is 2.